The number of aryl methyl sites for hydroxylation is 1. The number of carbonyl (C=O) groups excluding carboxylic acids is 2. The highest BCUT2D eigenvalue weighted by atomic mass is 32.1. The van der Waals surface area contributed by atoms with Gasteiger partial charge in [0.15, 0.2) is 6.10 Å². The number of nitrogens with one attached hydrogen (secondary N) is 1. The molecule has 0 bridgehead atoms. The maximum absolute atomic E-state index is 12.4. The number of rotatable bonds is 5. The van der Waals surface area contributed by atoms with Crippen LogP contribution in [-0.4, -0.2) is 25.1 Å². The predicted molar refractivity (Wildman–Crippen MR) is 97.5 cm³/mol. The molecule has 6 heteroatoms. The normalized spacial score (nSPS) is 14.3. The first-order valence-corrected chi connectivity index (χ1v) is 9.21. The summed E-state index contributed by atoms with van der Waals surface area (Å²) in [5.74, 6) is -0.0703. The Balaban J connectivity index is 1.60. The van der Waals surface area contributed by atoms with Gasteiger partial charge in [-0.15, -0.1) is 11.3 Å². The van der Waals surface area contributed by atoms with Crippen molar-refractivity contribution in [3.63, 3.8) is 0 Å². The number of ether oxygens (including phenoxy) is 2. The quantitative estimate of drug-likeness (QED) is 0.824. The number of fused-ring (bicyclic) bond motifs is 1. The molecule has 1 atom stereocenters. The van der Waals surface area contributed by atoms with E-state index in [-0.39, 0.29) is 5.91 Å². The highest BCUT2D eigenvalue weighted by Gasteiger charge is 2.24. The molecule has 0 unspecified atom stereocenters. The smallest absolute Gasteiger partial charge is 0.340 e. The first-order chi connectivity index (χ1) is 12.1. The monoisotopic (exact) mass is 359 g/mol. The molecule has 0 radical (unpaired) electrons. The fourth-order valence-corrected chi connectivity index (χ4v) is 3.98. The number of amides is 1. The number of carbonyl (C=O) groups is 2. The van der Waals surface area contributed by atoms with E-state index in [1.807, 2.05) is 5.38 Å². The number of benzene rings is 1. The summed E-state index contributed by atoms with van der Waals surface area (Å²) in [7, 11) is 1.58. The van der Waals surface area contributed by atoms with E-state index in [0.29, 0.717) is 17.0 Å². The summed E-state index contributed by atoms with van der Waals surface area (Å²) in [4.78, 5) is 25.9. The van der Waals surface area contributed by atoms with Crippen LogP contribution < -0.4 is 10.1 Å². The van der Waals surface area contributed by atoms with Crippen molar-refractivity contribution in [1.82, 2.24) is 0 Å². The van der Waals surface area contributed by atoms with Gasteiger partial charge in [0.25, 0.3) is 5.91 Å². The number of hydrogen-bond acceptors (Lipinski definition) is 5. The second kappa shape index (κ2) is 7.70. The van der Waals surface area contributed by atoms with E-state index >= 15 is 0 Å². The Morgan fingerprint density at radius 3 is 2.60 bits per heavy atom. The van der Waals surface area contributed by atoms with Crippen LogP contribution in [0.4, 0.5) is 5.69 Å². The van der Waals surface area contributed by atoms with Crippen molar-refractivity contribution >= 4 is 28.9 Å². The van der Waals surface area contributed by atoms with Gasteiger partial charge >= 0.3 is 5.97 Å². The minimum atomic E-state index is -0.867. The van der Waals surface area contributed by atoms with Crippen LogP contribution >= 0.6 is 11.3 Å². The fourth-order valence-electron chi connectivity index (χ4n) is 2.86. The molecular weight excluding hydrogens is 338 g/mol. The van der Waals surface area contributed by atoms with Crippen molar-refractivity contribution in [3.8, 4) is 5.75 Å². The lowest BCUT2D eigenvalue weighted by atomic mass is 9.96. The Morgan fingerprint density at radius 1 is 1.16 bits per heavy atom. The molecule has 3 rings (SSSR count). The van der Waals surface area contributed by atoms with Crippen molar-refractivity contribution in [2.45, 2.75) is 38.7 Å². The number of esters is 1. The number of anilines is 1. The van der Waals surface area contributed by atoms with Crippen molar-refractivity contribution in [3.05, 3.63) is 45.6 Å². The third kappa shape index (κ3) is 4.02. The van der Waals surface area contributed by atoms with Gasteiger partial charge in [-0.25, -0.2) is 4.79 Å². The van der Waals surface area contributed by atoms with Crippen LogP contribution in [0, 0.1) is 0 Å². The topological polar surface area (TPSA) is 64.6 Å². The summed E-state index contributed by atoms with van der Waals surface area (Å²) in [6.45, 7) is 1.58. The highest BCUT2D eigenvalue weighted by molar-refractivity contribution is 7.10. The zero-order chi connectivity index (χ0) is 17.8. The minimum absolute atomic E-state index is 0.359. The zero-order valence-corrected chi connectivity index (χ0v) is 15.2. The molecule has 1 aliphatic rings. The van der Waals surface area contributed by atoms with Crippen LogP contribution in [0.15, 0.2) is 29.6 Å². The van der Waals surface area contributed by atoms with Crippen molar-refractivity contribution in [2.75, 3.05) is 12.4 Å². The molecule has 1 aromatic carbocycles. The molecule has 0 fully saturated rings. The van der Waals surface area contributed by atoms with Crippen LogP contribution in [0.2, 0.25) is 0 Å². The van der Waals surface area contributed by atoms with Crippen LogP contribution in [0.1, 0.15) is 40.6 Å². The van der Waals surface area contributed by atoms with E-state index in [1.165, 1.54) is 11.3 Å². The number of thiophene rings is 1. The summed E-state index contributed by atoms with van der Waals surface area (Å²) in [6.07, 6.45) is 3.34. The van der Waals surface area contributed by atoms with Gasteiger partial charge in [0.1, 0.15) is 5.75 Å². The maximum atomic E-state index is 12.4. The van der Waals surface area contributed by atoms with Crippen LogP contribution in [0.3, 0.4) is 0 Å². The Kier molecular flexibility index (Phi) is 5.38. The standard InChI is InChI=1S/C19H21NO4S/c1-12(18(21)20-13-7-9-14(23-2)10-8-13)24-19(22)16-11-25-17-6-4-3-5-15(16)17/h7-12H,3-6H2,1-2H3,(H,20,21)/t12-/m1/s1. The molecule has 132 valence electrons. The summed E-state index contributed by atoms with van der Waals surface area (Å²) in [5.41, 5.74) is 2.34. The molecule has 0 saturated heterocycles. The highest BCUT2D eigenvalue weighted by Crippen LogP contribution is 2.30. The van der Waals surface area contributed by atoms with Crippen molar-refractivity contribution in [2.24, 2.45) is 0 Å². The van der Waals surface area contributed by atoms with E-state index in [9.17, 15) is 9.59 Å². The fraction of sp³-hybridized carbons (Fsp3) is 0.368. The Morgan fingerprint density at radius 2 is 1.88 bits per heavy atom. The van der Waals surface area contributed by atoms with Gasteiger partial charge in [0.05, 0.1) is 12.7 Å². The molecule has 1 amide bonds. The molecule has 25 heavy (non-hydrogen) atoms. The van der Waals surface area contributed by atoms with Gasteiger partial charge in [0, 0.05) is 15.9 Å². The van der Waals surface area contributed by atoms with Gasteiger partial charge in [-0.05, 0) is 62.4 Å². The number of hydrogen-bond donors (Lipinski definition) is 1. The summed E-state index contributed by atoms with van der Waals surface area (Å²) in [6, 6.07) is 6.98. The third-order valence-corrected chi connectivity index (χ3v) is 5.38. The largest absolute Gasteiger partial charge is 0.497 e. The maximum Gasteiger partial charge on any atom is 0.340 e. The van der Waals surface area contributed by atoms with E-state index < -0.39 is 12.1 Å². The van der Waals surface area contributed by atoms with Gasteiger partial charge in [-0.3, -0.25) is 4.79 Å². The molecule has 1 heterocycles. The molecule has 2 aromatic rings. The molecule has 0 aliphatic heterocycles. The Bertz CT molecular complexity index is 766. The minimum Gasteiger partial charge on any atom is -0.497 e. The second-order valence-electron chi connectivity index (χ2n) is 6.02. The molecule has 0 saturated carbocycles. The molecule has 0 spiro atoms. The zero-order valence-electron chi connectivity index (χ0n) is 14.3. The SMILES string of the molecule is COc1ccc(NC(=O)[C@@H](C)OC(=O)c2csc3c2CCCC3)cc1. The third-order valence-electron chi connectivity index (χ3n) is 4.29. The van der Waals surface area contributed by atoms with Crippen molar-refractivity contribution < 1.29 is 19.1 Å². The summed E-state index contributed by atoms with van der Waals surface area (Å²) in [5, 5.41) is 4.59. The summed E-state index contributed by atoms with van der Waals surface area (Å²) < 4.78 is 10.5. The summed E-state index contributed by atoms with van der Waals surface area (Å²) >= 11 is 1.61. The molecular formula is C19H21NO4S. The average molecular weight is 359 g/mol. The Labute approximate surface area is 151 Å². The Hall–Kier alpha value is -2.34. The van der Waals surface area contributed by atoms with E-state index in [2.05, 4.69) is 5.32 Å². The van der Waals surface area contributed by atoms with Gasteiger partial charge in [0.2, 0.25) is 0 Å². The van der Waals surface area contributed by atoms with Gasteiger partial charge in [-0.1, -0.05) is 0 Å². The first kappa shape index (κ1) is 17.5. The lowest BCUT2D eigenvalue weighted by molar-refractivity contribution is -0.123. The molecule has 5 nitrogen and oxygen atoms in total. The lowest BCUT2D eigenvalue weighted by Gasteiger charge is -2.15. The molecule has 1 N–H and O–H groups in total. The molecule has 1 aromatic heterocycles. The predicted octanol–water partition coefficient (Wildman–Crippen LogP) is 3.82. The van der Waals surface area contributed by atoms with Crippen LogP contribution in [-0.2, 0) is 22.4 Å². The van der Waals surface area contributed by atoms with Gasteiger partial charge in [-0.2, -0.15) is 0 Å². The van der Waals surface area contributed by atoms with Crippen LogP contribution in [0.25, 0.3) is 0 Å². The van der Waals surface area contributed by atoms with Gasteiger partial charge < -0.3 is 14.8 Å². The van der Waals surface area contributed by atoms with Crippen LogP contribution in [0.5, 0.6) is 5.75 Å². The van der Waals surface area contributed by atoms with E-state index in [0.717, 1.165) is 24.8 Å². The second-order valence-corrected chi connectivity index (χ2v) is 6.99. The van der Waals surface area contributed by atoms with E-state index in [1.54, 1.807) is 49.6 Å². The first-order valence-electron chi connectivity index (χ1n) is 8.33. The molecule has 1 aliphatic carbocycles. The van der Waals surface area contributed by atoms with E-state index in [4.69, 9.17) is 9.47 Å². The van der Waals surface area contributed by atoms with Crippen molar-refractivity contribution in [1.29, 1.82) is 0 Å². The average Bonchev–Trinajstić information content (AvgIpc) is 3.06. The lowest BCUT2D eigenvalue weighted by Crippen LogP contribution is -2.30. The number of methoxy groups -OCH3 is 1.